The van der Waals surface area contributed by atoms with Crippen molar-refractivity contribution in [1.82, 2.24) is 4.57 Å². The number of aromatic nitrogens is 1. The van der Waals surface area contributed by atoms with E-state index in [2.05, 4.69) is 22.9 Å². The van der Waals surface area contributed by atoms with Gasteiger partial charge in [0, 0.05) is 23.4 Å². The van der Waals surface area contributed by atoms with E-state index in [9.17, 15) is 9.59 Å². The Hall–Kier alpha value is -2.94. The molecule has 4 rings (SSSR count). The lowest BCUT2D eigenvalue weighted by molar-refractivity contribution is -0.104. The lowest BCUT2D eigenvalue weighted by Gasteiger charge is -2.25. The fourth-order valence-electron chi connectivity index (χ4n) is 4.21. The van der Waals surface area contributed by atoms with Crippen LogP contribution in [0.5, 0.6) is 0 Å². The number of hydrogen-bond donors (Lipinski definition) is 0. The molecule has 1 saturated carbocycles. The van der Waals surface area contributed by atoms with Crippen LogP contribution in [-0.2, 0) is 4.79 Å². The molecule has 1 aliphatic carbocycles. The minimum absolute atomic E-state index is 0.276. The first-order valence-corrected chi connectivity index (χ1v) is 9.65. The van der Waals surface area contributed by atoms with Crippen molar-refractivity contribution in [3.05, 3.63) is 72.6 Å². The summed E-state index contributed by atoms with van der Waals surface area (Å²) in [7, 11) is 0. The molecule has 3 aromatic rings. The van der Waals surface area contributed by atoms with Crippen molar-refractivity contribution in [2.75, 3.05) is 0 Å². The Kier molecular flexibility index (Phi) is 5.01. The van der Waals surface area contributed by atoms with Crippen LogP contribution < -0.4 is 0 Å². The first-order valence-electron chi connectivity index (χ1n) is 9.65. The molecular formula is C24H23NO2. The molecule has 0 spiro atoms. The highest BCUT2D eigenvalue weighted by Crippen LogP contribution is 2.40. The van der Waals surface area contributed by atoms with Crippen LogP contribution in [0.15, 0.2) is 66.9 Å². The smallest absolute Gasteiger partial charge is 0.242 e. The van der Waals surface area contributed by atoms with Gasteiger partial charge in [0.15, 0.2) is 6.29 Å². The summed E-state index contributed by atoms with van der Waals surface area (Å²) in [5, 5.41) is 0. The molecule has 0 N–H and O–H groups in total. The predicted octanol–water partition coefficient (Wildman–Crippen LogP) is 5.71. The van der Waals surface area contributed by atoms with Crippen molar-refractivity contribution >= 4 is 12.1 Å². The van der Waals surface area contributed by atoms with Crippen molar-refractivity contribution in [3.8, 4) is 22.3 Å². The van der Waals surface area contributed by atoms with Gasteiger partial charge in [0.05, 0.1) is 0 Å². The van der Waals surface area contributed by atoms with Gasteiger partial charge in [-0.05, 0) is 24.0 Å². The van der Waals surface area contributed by atoms with Gasteiger partial charge in [0.25, 0.3) is 0 Å². The third kappa shape index (κ3) is 3.37. The van der Waals surface area contributed by atoms with Gasteiger partial charge in [-0.3, -0.25) is 9.59 Å². The molecule has 0 unspecified atom stereocenters. The average Bonchev–Trinajstić information content (AvgIpc) is 3.16. The van der Waals surface area contributed by atoms with Crippen LogP contribution in [0.1, 0.15) is 48.6 Å². The zero-order valence-corrected chi connectivity index (χ0v) is 15.3. The highest BCUT2D eigenvalue weighted by atomic mass is 16.2. The Labute approximate surface area is 159 Å². The van der Waals surface area contributed by atoms with Gasteiger partial charge in [-0.1, -0.05) is 79.9 Å². The number of nitrogens with zero attached hydrogens (tertiary/aromatic N) is 1. The minimum atomic E-state index is -0.443. The lowest BCUT2D eigenvalue weighted by atomic mass is 9.94. The molecule has 3 nitrogen and oxygen atoms in total. The summed E-state index contributed by atoms with van der Waals surface area (Å²) < 4.78 is 2.08. The van der Waals surface area contributed by atoms with Gasteiger partial charge in [-0.2, -0.15) is 0 Å². The van der Waals surface area contributed by atoms with E-state index in [0.29, 0.717) is 12.0 Å². The summed E-state index contributed by atoms with van der Waals surface area (Å²) in [5.41, 5.74) is 4.44. The Morgan fingerprint density at radius 1 is 0.852 bits per heavy atom. The maximum absolute atomic E-state index is 12.7. The molecular weight excluding hydrogens is 334 g/mol. The monoisotopic (exact) mass is 357 g/mol. The van der Waals surface area contributed by atoms with E-state index in [-0.39, 0.29) is 6.04 Å². The molecule has 2 aromatic carbocycles. The average molecular weight is 357 g/mol. The van der Waals surface area contributed by atoms with E-state index < -0.39 is 5.78 Å². The van der Waals surface area contributed by atoms with Crippen molar-refractivity contribution < 1.29 is 9.59 Å². The zero-order valence-electron chi connectivity index (χ0n) is 15.3. The quantitative estimate of drug-likeness (QED) is 0.333. The Morgan fingerprint density at radius 3 is 2.04 bits per heavy atom. The van der Waals surface area contributed by atoms with E-state index in [1.807, 2.05) is 48.5 Å². The standard InChI is InChI=1S/C24H23NO2/c26-17-22(27)24-23(19-12-6-2-7-13-19)21(18-10-4-1-5-11-18)16-25(24)20-14-8-3-9-15-20/h1-2,4-7,10-13,16-17,20H,3,8-9,14-15H2. The van der Waals surface area contributed by atoms with Gasteiger partial charge in [-0.25, -0.2) is 0 Å². The molecule has 1 heterocycles. The second-order valence-corrected chi connectivity index (χ2v) is 7.18. The highest BCUT2D eigenvalue weighted by Gasteiger charge is 2.27. The van der Waals surface area contributed by atoms with Gasteiger partial charge in [-0.15, -0.1) is 0 Å². The number of Topliss-reactive ketones (excluding diaryl/α,β-unsaturated/α-hetero) is 1. The maximum atomic E-state index is 12.7. The van der Waals surface area contributed by atoms with Crippen LogP contribution >= 0.6 is 0 Å². The molecule has 0 radical (unpaired) electrons. The summed E-state index contributed by atoms with van der Waals surface area (Å²) in [5.74, 6) is -0.443. The maximum Gasteiger partial charge on any atom is 0.242 e. The number of hydrogen-bond acceptors (Lipinski definition) is 2. The number of aldehydes is 1. The van der Waals surface area contributed by atoms with Crippen LogP contribution in [0.3, 0.4) is 0 Å². The van der Waals surface area contributed by atoms with Gasteiger partial charge in [0.1, 0.15) is 5.69 Å². The summed E-state index contributed by atoms with van der Waals surface area (Å²) in [6.07, 6.45) is 8.22. The van der Waals surface area contributed by atoms with Crippen molar-refractivity contribution in [2.24, 2.45) is 0 Å². The van der Waals surface area contributed by atoms with Crippen molar-refractivity contribution in [3.63, 3.8) is 0 Å². The lowest BCUT2D eigenvalue weighted by Crippen LogP contribution is -2.18. The second-order valence-electron chi connectivity index (χ2n) is 7.18. The SMILES string of the molecule is O=CC(=O)c1c(-c2ccccc2)c(-c2ccccc2)cn1C1CCCCC1. The molecule has 27 heavy (non-hydrogen) atoms. The van der Waals surface area contributed by atoms with E-state index in [0.717, 1.165) is 35.1 Å². The van der Waals surface area contributed by atoms with Gasteiger partial charge < -0.3 is 4.57 Å². The fraction of sp³-hybridized carbons (Fsp3) is 0.250. The van der Waals surface area contributed by atoms with Crippen LogP contribution in [0.2, 0.25) is 0 Å². The molecule has 0 aliphatic heterocycles. The van der Waals surface area contributed by atoms with E-state index >= 15 is 0 Å². The molecule has 0 saturated heterocycles. The van der Waals surface area contributed by atoms with E-state index in [4.69, 9.17) is 0 Å². The Balaban J connectivity index is 1.99. The van der Waals surface area contributed by atoms with E-state index in [1.165, 1.54) is 19.3 Å². The molecule has 1 aliphatic rings. The molecule has 0 atom stereocenters. The number of carbonyl (C=O) groups is 2. The molecule has 3 heteroatoms. The normalized spacial score (nSPS) is 14.8. The predicted molar refractivity (Wildman–Crippen MR) is 108 cm³/mol. The largest absolute Gasteiger partial charge is 0.340 e. The molecule has 0 bridgehead atoms. The highest BCUT2D eigenvalue weighted by molar-refractivity contribution is 6.35. The zero-order chi connectivity index (χ0) is 18.6. The summed E-state index contributed by atoms with van der Waals surface area (Å²) in [6.45, 7) is 0. The van der Waals surface area contributed by atoms with E-state index in [1.54, 1.807) is 0 Å². The number of rotatable bonds is 5. The van der Waals surface area contributed by atoms with Gasteiger partial charge >= 0.3 is 0 Å². The number of carbonyl (C=O) groups excluding carboxylic acids is 2. The second kappa shape index (κ2) is 7.75. The van der Waals surface area contributed by atoms with Crippen LogP contribution in [0.4, 0.5) is 0 Å². The molecule has 1 fully saturated rings. The fourth-order valence-corrected chi connectivity index (χ4v) is 4.21. The first kappa shape index (κ1) is 17.5. The Morgan fingerprint density at radius 2 is 1.44 bits per heavy atom. The third-order valence-corrected chi connectivity index (χ3v) is 5.49. The Bertz CT molecular complexity index is 935. The first-order chi connectivity index (χ1) is 13.3. The summed E-state index contributed by atoms with van der Waals surface area (Å²) in [4.78, 5) is 24.2. The molecule has 1 aromatic heterocycles. The van der Waals surface area contributed by atoms with Gasteiger partial charge in [0.2, 0.25) is 5.78 Å². The van der Waals surface area contributed by atoms with Crippen molar-refractivity contribution in [1.29, 1.82) is 0 Å². The van der Waals surface area contributed by atoms with Crippen LogP contribution in [0, 0.1) is 0 Å². The topological polar surface area (TPSA) is 39.1 Å². The van der Waals surface area contributed by atoms with Crippen molar-refractivity contribution in [2.45, 2.75) is 38.1 Å². The number of ketones is 1. The molecule has 136 valence electrons. The summed E-state index contributed by atoms with van der Waals surface area (Å²) >= 11 is 0. The van der Waals surface area contributed by atoms with Crippen LogP contribution in [0.25, 0.3) is 22.3 Å². The van der Waals surface area contributed by atoms with Crippen LogP contribution in [-0.4, -0.2) is 16.6 Å². The third-order valence-electron chi connectivity index (χ3n) is 5.49. The minimum Gasteiger partial charge on any atom is -0.340 e. The summed E-state index contributed by atoms with van der Waals surface area (Å²) in [6, 6.07) is 20.3. The number of benzene rings is 2. The molecule has 0 amide bonds.